The van der Waals surface area contributed by atoms with Crippen LogP contribution in [0.15, 0.2) is 84.9 Å². The third-order valence-corrected chi connectivity index (χ3v) is 14.7. The van der Waals surface area contributed by atoms with Gasteiger partial charge in [-0.25, -0.2) is 0 Å². The van der Waals surface area contributed by atoms with Gasteiger partial charge >= 0.3 is 0 Å². The average Bonchev–Trinajstić information content (AvgIpc) is 3.76. The van der Waals surface area contributed by atoms with Crippen molar-refractivity contribution >= 4 is 29.5 Å². The summed E-state index contributed by atoms with van der Waals surface area (Å²) < 4.78 is 0. The highest BCUT2D eigenvalue weighted by Gasteiger charge is 2.46. The number of carbonyl (C=O) groups is 5. The van der Waals surface area contributed by atoms with Gasteiger partial charge in [0.2, 0.25) is 11.8 Å². The molecular weight excluding hydrogens is 741 g/mol. The van der Waals surface area contributed by atoms with Crippen LogP contribution in [0.5, 0.6) is 5.75 Å². The quantitative estimate of drug-likeness (QED) is 0.200. The number of amides is 5. The zero-order valence-corrected chi connectivity index (χ0v) is 33.3. The van der Waals surface area contributed by atoms with Gasteiger partial charge in [0, 0.05) is 50.6 Å². The summed E-state index contributed by atoms with van der Waals surface area (Å²) >= 11 is 0. The monoisotopic (exact) mass is 790 g/mol. The number of aromatic hydroxyl groups is 1. The van der Waals surface area contributed by atoms with E-state index in [-0.39, 0.29) is 36.0 Å². The molecular formula is C49H50N4O6. The van der Waals surface area contributed by atoms with Gasteiger partial charge in [0.25, 0.3) is 17.7 Å². The Morgan fingerprint density at radius 3 is 2.05 bits per heavy atom. The number of imide groups is 2. The maximum Gasteiger partial charge on any atom is 0.262 e. The van der Waals surface area contributed by atoms with Crippen molar-refractivity contribution in [3.8, 4) is 5.75 Å². The molecule has 3 fully saturated rings. The number of benzene rings is 4. The van der Waals surface area contributed by atoms with Crippen molar-refractivity contribution in [2.45, 2.75) is 95.2 Å². The van der Waals surface area contributed by atoms with E-state index >= 15 is 0 Å². The molecule has 1 spiro atoms. The van der Waals surface area contributed by atoms with Gasteiger partial charge in [-0.1, -0.05) is 48.5 Å². The van der Waals surface area contributed by atoms with Gasteiger partial charge in [0.1, 0.15) is 11.8 Å². The molecule has 0 radical (unpaired) electrons. The molecule has 3 atom stereocenters. The molecule has 10 heteroatoms. The summed E-state index contributed by atoms with van der Waals surface area (Å²) in [7, 11) is 0. The molecule has 6 aliphatic rings. The van der Waals surface area contributed by atoms with Gasteiger partial charge in [0.15, 0.2) is 0 Å². The first-order valence-corrected chi connectivity index (χ1v) is 21.5. The number of nitrogens with zero attached hydrogens (tertiary/aromatic N) is 3. The number of likely N-dealkylation sites (tertiary alicyclic amines) is 1. The Morgan fingerprint density at radius 2 is 1.39 bits per heavy atom. The Morgan fingerprint density at radius 1 is 0.712 bits per heavy atom. The number of hydrogen-bond donors (Lipinski definition) is 2. The highest BCUT2D eigenvalue weighted by molar-refractivity contribution is 6.23. The summed E-state index contributed by atoms with van der Waals surface area (Å²) in [4.78, 5) is 70.3. The SMILES string of the molecule is O=C1CCC(N2C(=O)c3cc4c(cc3C2=O)CN(CC2CCC3(CC2)CCN(C(=O)c2ccc([C@@H]5c6ccc(O)cc6CC[C@@H]5c5ccccc5)cc2)CC3)C4)C(=O)N1. The van der Waals surface area contributed by atoms with Crippen LogP contribution in [0.3, 0.4) is 0 Å². The molecule has 1 saturated carbocycles. The summed E-state index contributed by atoms with van der Waals surface area (Å²) in [6.45, 7) is 4.00. The van der Waals surface area contributed by atoms with Gasteiger partial charge in [0.05, 0.1) is 11.1 Å². The van der Waals surface area contributed by atoms with E-state index in [0.717, 1.165) is 92.8 Å². The van der Waals surface area contributed by atoms with E-state index in [1.807, 2.05) is 30.3 Å². The van der Waals surface area contributed by atoms with Crippen LogP contribution < -0.4 is 5.32 Å². The highest BCUT2D eigenvalue weighted by atomic mass is 16.3. The molecule has 4 aromatic carbocycles. The van der Waals surface area contributed by atoms with Crippen LogP contribution in [0.4, 0.5) is 0 Å². The van der Waals surface area contributed by atoms with Crippen LogP contribution in [0.1, 0.15) is 134 Å². The van der Waals surface area contributed by atoms with Crippen molar-refractivity contribution < 1.29 is 29.1 Å². The molecule has 5 amide bonds. The molecule has 10 rings (SSSR count). The number of carbonyl (C=O) groups excluding carboxylic acids is 5. The average molecular weight is 791 g/mol. The predicted octanol–water partition coefficient (Wildman–Crippen LogP) is 7.08. The fourth-order valence-corrected chi connectivity index (χ4v) is 11.4. The molecule has 10 nitrogen and oxygen atoms in total. The minimum Gasteiger partial charge on any atom is -0.508 e. The lowest BCUT2D eigenvalue weighted by Crippen LogP contribution is -2.54. The Hall–Kier alpha value is -5.61. The van der Waals surface area contributed by atoms with E-state index in [0.29, 0.717) is 28.7 Å². The minimum absolute atomic E-state index is 0.105. The van der Waals surface area contributed by atoms with Crippen molar-refractivity contribution in [2.75, 3.05) is 19.6 Å². The third kappa shape index (κ3) is 6.85. The number of aryl methyl sites for hydroxylation is 1. The fourth-order valence-electron chi connectivity index (χ4n) is 11.4. The molecule has 2 N–H and O–H groups in total. The Balaban J connectivity index is 0.732. The number of nitrogens with one attached hydrogen (secondary N) is 1. The maximum atomic E-state index is 13.9. The molecule has 4 aromatic rings. The van der Waals surface area contributed by atoms with Crippen molar-refractivity contribution in [3.05, 3.63) is 135 Å². The van der Waals surface area contributed by atoms with Crippen molar-refractivity contribution in [2.24, 2.45) is 11.3 Å². The molecule has 2 aliphatic carbocycles. The molecule has 2 saturated heterocycles. The summed E-state index contributed by atoms with van der Waals surface area (Å²) in [5.41, 5.74) is 8.82. The lowest BCUT2D eigenvalue weighted by atomic mass is 9.65. The number of rotatable bonds is 6. The second-order valence-corrected chi connectivity index (χ2v) is 18.1. The van der Waals surface area contributed by atoms with Crippen LogP contribution in [-0.4, -0.2) is 75.0 Å². The first-order chi connectivity index (χ1) is 28.6. The first kappa shape index (κ1) is 37.6. The lowest BCUT2D eigenvalue weighted by Gasteiger charge is -2.46. The van der Waals surface area contributed by atoms with Crippen LogP contribution >= 0.6 is 0 Å². The highest BCUT2D eigenvalue weighted by Crippen LogP contribution is 2.49. The van der Waals surface area contributed by atoms with Crippen LogP contribution in [0.2, 0.25) is 0 Å². The van der Waals surface area contributed by atoms with E-state index in [2.05, 4.69) is 63.6 Å². The fraction of sp³-hybridized carbons (Fsp3) is 0.408. The lowest BCUT2D eigenvalue weighted by molar-refractivity contribution is -0.136. The topological polar surface area (TPSA) is 127 Å². The number of phenols is 1. The second kappa shape index (κ2) is 14.9. The summed E-state index contributed by atoms with van der Waals surface area (Å²) in [6.07, 6.45) is 8.91. The van der Waals surface area contributed by atoms with Gasteiger partial charge < -0.3 is 10.0 Å². The number of phenolic OH excluding ortho intramolecular Hbond substituents is 1. The van der Waals surface area contributed by atoms with E-state index in [1.165, 1.54) is 35.1 Å². The predicted molar refractivity (Wildman–Crippen MR) is 221 cm³/mol. The molecule has 4 heterocycles. The van der Waals surface area contributed by atoms with Gasteiger partial charge in [-0.15, -0.1) is 0 Å². The standard InChI is InChI=1S/C49H50N4O6/c54-37-11-13-39-34(24-37)10-12-38(31-4-2-1-3-5-31)44(39)32-6-8-33(9-7-32)46(57)52-22-20-49(21-23-52)18-16-30(17-19-49)27-51-28-35-25-40-41(26-36(35)29-51)48(59)53(47(40)58)42-14-15-43(55)50-45(42)56/h1-9,11,13,24-26,30,38,42,44,54H,10,12,14-23,27-29H2,(H,50,55,56)/t38-,42?,44+/m1/s1. The molecule has 4 aliphatic heterocycles. The number of hydrogen-bond acceptors (Lipinski definition) is 7. The molecule has 0 aromatic heterocycles. The summed E-state index contributed by atoms with van der Waals surface area (Å²) in [5.74, 6) is -0.419. The maximum absolute atomic E-state index is 13.9. The third-order valence-electron chi connectivity index (χ3n) is 14.7. The van der Waals surface area contributed by atoms with E-state index in [4.69, 9.17) is 0 Å². The van der Waals surface area contributed by atoms with E-state index in [1.54, 1.807) is 6.07 Å². The van der Waals surface area contributed by atoms with Crippen molar-refractivity contribution in [3.63, 3.8) is 0 Å². The Labute approximate surface area is 344 Å². The smallest absolute Gasteiger partial charge is 0.262 e. The molecule has 302 valence electrons. The Kier molecular flexibility index (Phi) is 9.50. The van der Waals surface area contributed by atoms with Crippen molar-refractivity contribution in [1.82, 2.24) is 20.0 Å². The van der Waals surface area contributed by atoms with Crippen molar-refractivity contribution in [1.29, 1.82) is 0 Å². The summed E-state index contributed by atoms with van der Waals surface area (Å²) in [6, 6.07) is 27.5. The largest absolute Gasteiger partial charge is 0.508 e. The molecule has 1 unspecified atom stereocenters. The molecule has 0 bridgehead atoms. The van der Waals surface area contributed by atoms with Crippen LogP contribution in [-0.2, 0) is 29.1 Å². The Bertz CT molecular complexity index is 2310. The van der Waals surface area contributed by atoms with E-state index in [9.17, 15) is 29.1 Å². The second-order valence-electron chi connectivity index (χ2n) is 18.1. The van der Waals surface area contributed by atoms with Crippen LogP contribution in [0, 0.1) is 11.3 Å². The van der Waals surface area contributed by atoms with E-state index < -0.39 is 23.8 Å². The number of piperidine rings is 2. The van der Waals surface area contributed by atoms with Gasteiger partial charge in [-0.2, -0.15) is 0 Å². The van der Waals surface area contributed by atoms with Crippen LogP contribution in [0.25, 0.3) is 0 Å². The minimum atomic E-state index is -0.954. The number of fused-ring (bicyclic) bond motifs is 3. The van der Waals surface area contributed by atoms with Gasteiger partial charge in [-0.05, 0) is 145 Å². The first-order valence-electron chi connectivity index (χ1n) is 21.5. The molecule has 59 heavy (non-hydrogen) atoms. The zero-order valence-electron chi connectivity index (χ0n) is 33.3. The normalized spacial score (nSPS) is 24.2. The van der Waals surface area contributed by atoms with Gasteiger partial charge in [-0.3, -0.25) is 39.1 Å². The zero-order chi connectivity index (χ0) is 40.4. The summed E-state index contributed by atoms with van der Waals surface area (Å²) in [5, 5.41) is 12.5.